The zero-order valence-corrected chi connectivity index (χ0v) is 10.2. The predicted octanol–water partition coefficient (Wildman–Crippen LogP) is 4.85. The van der Waals surface area contributed by atoms with Gasteiger partial charge in [-0.05, 0) is 45.2 Å². The van der Waals surface area contributed by atoms with Crippen molar-refractivity contribution in [1.82, 2.24) is 0 Å². The molecule has 86 valence electrons. The monoisotopic (exact) mass is 252 g/mol. The van der Waals surface area contributed by atoms with Crippen LogP contribution in [0, 0.1) is 0 Å². The van der Waals surface area contributed by atoms with Crippen LogP contribution in [0.1, 0.15) is 0 Å². The molecule has 1 N–H and O–H groups in total. The van der Waals surface area contributed by atoms with Crippen LogP contribution in [0.5, 0.6) is 5.75 Å². The van der Waals surface area contributed by atoms with Gasteiger partial charge in [0.15, 0.2) is 0 Å². The van der Waals surface area contributed by atoms with Crippen LogP contribution in [0.15, 0.2) is 48.5 Å². The summed E-state index contributed by atoms with van der Waals surface area (Å²) < 4.78 is 0. The van der Waals surface area contributed by atoms with Crippen LogP contribution in [0.3, 0.4) is 0 Å². The van der Waals surface area contributed by atoms with E-state index in [0.29, 0.717) is 5.02 Å². The maximum absolute atomic E-state index is 9.79. The van der Waals surface area contributed by atoms with Gasteiger partial charge >= 0.3 is 0 Å². The van der Waals surface area contributed by atoms with E-state index in [9.17, 15) is 5.11 Å². The molecule has 0 saturated heterocycles. The molecule has 0 spiro atoms. The van der Waals surface area contributed by atoms with E-state index in [2.05, 4.69) is 30.3 Å². The molecule has 1 aliphatic rings. The van der Waals surface area contributed by atoms with Crippen LogP contribution in [0.25, 0.3) is 33.0 Å². The van der Waals surface area contributed by atoms with E-state index in [1.54, 1.807) is 6.07 Å². The Labute approximate surface area is 109 Å². The first-order valence-corrected chi connectivity index (χ1v) is 6.18. The maximum atomic E-state index is 9.79. The Bertz CT molecular complexity index is 742. The molecule has 1 nitrogen and oxygen atoms in total. The number of hydrogen-bond acceptors (Lipinski definition) is 1. The summed E-state index contributed by atoms with van der Waals surface area (Å²) >= 11 is 6.02. The van der Waals surface area contributed by atoms with Crippen molar-refractivity contribution in [3.63, 3.8) is 0 Å². The lowest BCUT2D eigenvalue weighted by atomic mass is 10.0. The molecule has 0 heterocycles. The molecule has 0 amide bonds. The number of aromatic hydroxyl groups is 1. The highest BCUT2D eigenvalue weighted by atomic mass is 35.5. The zero-order chi connectivity index (χ0) is 12.3. The number of rotatable bonds is 0. The van der Waals surface area contributed by atoms with Gasteiger partial charge in [-0.25, -0.2) is 0 Å². The summed E-state index contributed by atoms with van der Waals surface area (Å²) in [5.74, 6) is 0.139. The third kappa shape index (κ3) is 1.12. The lowest BCUT2D eigenvalue weighted by Crippen LogP contribution is -1.77. The van der Waals surface area contributed by atoms with Crippen molar-refractivity contribution in [3.05, 3.63) is 53.6 Å². The van der Waals surface area contributed by atoms with Crippen molar-refractivity contribution in [2.45, 2.75) is 0 Å². The van der Waals surface area contributed by atoms with Gasteiger partial charge in [-0.15, -0.1) is 0 Å². The first-order valence-electron chi connectivity index (χ1n) is 5.81. The highest BCUT2D eigenvalue weighted by molar-refractivity contribution is 6.33. The zero-order valence-electron chi connectivity index (χ0n) is 9.44. The van der Waals surface area contributed by atoms with Gasteiger partial charge in [0.2, 0.25) is 0 Å². The van der Waals surface area contributed by atoms with Gasteiger partial charge in [-0.1, -0.05) is 48.0 Å². The van der Waals surface area contributed by atoms with Crippen molar-refractivity contribution in [2.24, 2.45) is 0 Å². The molecule has 1 aliphatic carbocycles. The van der Waals surface area contributed by atoms with E-state index in [4.69, 9.17) is 11.6 Å². The Hall–Kier alpha value is -1.99. The van der Waals surface area contributed by atoms with Gasteiger partial charge in [-0.3, -0.25) is 0 Å². The Kier molecular flexibility index (Phi) is 1.81. The van der Waals surface area contributed by atoms with Gasteiger partial charge in [0.05, 0.1) is 5.02 Å². The lowest BCUT2D eigenvalue weighted by Gasteiger charge is -2.04. The van der Waals surface area contributed by atoms with E-state index in [1.807, 2.05) is 12.1 Å². The third-order valence-corrected chi connectivity index (χ3v) is 3.87. The molecule has 3 aromatic rings. The fraction of sp³-hybridized carbons (Fsp3) is 0. The molecule has 3 aromatic carbocycles. The van der Waals surface area contributed by atoms with Crippen LogP contribution >= 0.6 is 11.6 Å². The molecule has 0 aromatic heterocycles. The molecule has 2 heteroatoms. The van der Waals surface area contributed by atoms with Crippen LogP contribution in [0.4, 0.5) is 0 Å². The number of fused-ring (bicyclic) bond motifs is 3. The Morgan fingerprint density at radius 3 is 2.06 bits per heavy atom. The van der Waals surface area contributed by atoms with E-state index in [1.165, 1.54) is 21.9 Å². The van der Waals surface area contributed by atoms with Crippen LogP contribution in [-0.2, 0) is 0 Å². The first kappa shape index (κ1) is 9.98. The molecule has 0 aliphatic heterocycles. The summed E-state index contributed by atoms with van der Waals surface area (Å²) in [6.45, 7) is 0. The summed E-state index contributed by atoms with van der Waals surface area (Å²) in [5.41, 5.74) is 4.53. The van der Waals surface area contributed by atoms with E-state index >= 15 is 0 Å². The minimum Gasteiger partial charge on any atom is -0.506 e. The van der Waals surface area contributed by atoms with Crippen molar-refractivity contribution in [3.8, 4) is 28.0 Å². The summed E-state index contributed by atoms with van der Waals surface area (Å²) in [5, 5.41) is 12.7. The second kappa shape index (κ2) is 3.27. The topological polar surface area (TPSA) is 20.2 Å². The molecule has 0 unspecified atom stereocenters. The molecule has 0 radical (unpaired) electrons. The number of hydrogen-bond donors (Lipinski definition) is 1. The van der Waals surface area contributed by atoms with Crippen LogP contribution in [0.2, 0.25) is 5.02 Å². The van der Waals surface area contributed by atoms with Crippen molar-refractivity contribution in [1.29, 1.82) is 0 Å². The van der Waals surface area contributed by atoms with Gasteiger partial charge < -0.3 is 5.11 Å². The van der Waals surface area contributed by atoms with Crippen molar-refractivity contribution < 1.29 is 5.11 Å². The minimum absolute atomic E-state index is 0.139. The second-order valence-corrected chi connectivity index (χ2v) is 4.97. The summed E-state index contributed by atoms with van der Waals surface area (Å²) in [4.78, 5) is 0. The van der Waals surface area contributed by atoms with Gasteiger partial charge in [0.25, 0.3) is 0 Å². The van der Waals surface area contributed by atoms with E-state index in [-0.39, 0.29) is 5.75 Å². The highest BCUT2D eigenvalue weighted by Crippen LogP contribution is 2.49. The summed E-state index contributed by atoms with van der Waals surface area (Å²) in [6.07, 6.45) is 0. The number of halogens is 1. The number of phenolic OH excluding ortho intramolecular Hbond substituents is 1. The predicted molar refractivity (Wildman–Crippen MR) is 75.1 cm³/mol. The largest absolute Gasteiger partial charge is 0.506 e. The quantitative estimate of drug-likeness (QED) is 0.474. The highest BCUT2D eigenvalue weighted by Gasteiger charge is 2.22. The van der Waals surface area contributed by atoms with E-state index < -0.39 is 0 Å². The molecule has 0 fully saturated rings. The maximum Gasteiger partial charge on any atom is 0.134 e. The first-order chi connectivity index (χ1) is 8.75. The minimum atomic E-state index is 0.139. The second-order valence-electron chi connectivity index (χ2n) is 4.56. The standard InChI is InChI=1S/C16H9ClO/c17-14-7-12-10-5-1-3-9-4-2-6-11(16(9)10)13(12)8-15(14)18/h1-8,18H. The van der Waals surface area contributed by atoms with E-state index in [0.717, 1.165) is 11.1 Å². The Balaban J connectivity index is 2.24. The molecule has 0 saturated carbocycles. The summed E-state index contributed by atoms with van der Waals surface area (Å²) in [7, 11) is 0. The molecule has 0 atom stereocenters. The molecule has 0 bridgehead atoms. The van der Waals surface area contributed by atoms with Crippen LogP contribution < -0.4 is 0 Å². The summed E-state index contributed by atoms with van der Waals surface area (Å²) in [6, 6.07) is 16.1. The molecule has 4 rings (SSSR count). The smallest absolute Gasteiger partial charge is 0.134 e. The Morgan fingerprint density at radius 1 is 0.778 bits per heavy atom. The lowest BCUT2D eigenvalue weighted by molar-refractivity contribution is 0.476. The fourth-order valence-electron chi connectivity index (χ4n) is 2.80. The van der Waals surface area contributed by atoms with Crippen molar-refractivity contribution in [2.75, 3.05) is 0 Å². The fourth-order valence-corrected chi connectivity index (χ4v) is 2.96. The van der Waals surface area contributed by atoms with Gasteiger partial charge in [0, 0.05) is 0 Å². The number of benzene rings is 3. The van der Waals surface area contributed by atoms with Gasteiger partial charge in [-0.2, -0.15) is 0 Å². The Morgan fingerprint density at radius 2 is 1.39 bits per heavy atom. The third-order valence-electron chi connectivity index (χ3n) is 3.57. The normalized spacial score (nSPS) is 11.8. The van der Waals surface area contributed by atoms with Crippen molar-refractivity contribution >= 4 is 22.4 Å². The molecular formula is C16H9ClO. The van der Waals surface area contributed by atoms with Crippen LogP contribution in [-0.4, -0.2) is 5.11 Å². The van der Waals surface area contributed by atoms with Gasteiger partial charge in [0.1, 0.15) is 5.75 Å². The molecule has 18 heavy (non-hydrogen) atoms. The average molecular weight is 253 g/mol. The SMILES string of the molecule is Oc1cc2c(cc1Cl)-c1cccc3cccc-2c13. The average Bonchev–Trinajstić information content (AvgIpc) is 2.68. The number of phenols is 1. The molecular weight excluding hydrogens is 244 g/mol.